The Labute approximate surface area is 96.8 Å². The van der Waals surface area contributed by atoms with Crippen molar-refractivity contribution in [3.8, 4) is 5.75 Å². The summed E-state index contributed by atoms with van der Waals surface area (Å²) in [6, 6.07) is 8.40. The van der Waals surface area contributed by atoms with Crippen LogP contribution in [0.3, 0.4) is 0 Å². The highest BCUT2D eigenvalue weighted by molar-refractivity contribution is 5.44. The molecule has 1 saturated heterocycles. The average Bonchev–Trinajstić information content (AvgIpc) is 2.84. The molecule has 0 unspecified atom stereocenters. The Morgan fingerprint density at radius 1 is 1.38 bits per heavy atom. The fourth-order valence-corrected chi connectivity index (χ4v) is 1.82. The first-order chi connectivity index (χ1) is 7.81. The number of ether oxygens (including phenoxy) is 1. The van der Waals surface area contributed by atoms with Crippen LogP contribution in [-0.2, 0) is 4.79 Å². The van der Waals surface area contributed by atoms with Gasteiger partial charge in [-0.2, -0.15) is 0 Å². The Bertz CT molecular complexity index is 302. The number of nitrogens with one attached hydrogen (secondary N) is 1. The molecule has 88 valence electrons. The van der Waals surface area contributed by atoms with Gasteiger partial charge in [0.1, 0.15) is 12.0 Å². The number of carbonyl (C=O) groups excluding carboxylic acids is 1. The molecule has 0 aromatic heterocycles. The maximum atomic E-state index is 8.81. The number of methoxy groups -OCH3 is 1. The first-order valence-corrected chi connectivity index (χ1v) is 5.56. The molecule has 1 aromatic carbocycles. The predicted octanol–water partition coefficient (Wildman–Crippen LogP) is 1.98. The maximum Gasteiger partial charge on any atom is 0.118 e. The number of rotatable bonds is 2. The summed E-state index contributed by atoms with van der Waals surface area (Å²) in [5.74, 6) is 1.64. The van der Waals surface area contributed by atoms with Crippen LogP contribution in [0.1, 0.15) is 24.8 Å². The highest BCUT2D eigenvalue weighted by Gasteiger charge is 2.15. The van der Waals surface area contributed by atoms with Crippen molar-refractivity contribution in [1.29, 1.82) is 0 Å². The van der Waals surface area contributed by atoms with Crippen molar-refractivity contribution in [2.45, 2.75) is 19.3 Å². The van der Waals surface area contributed by atoms with Crippen LogP contribution in [0.2, 0.25) is 0 Å². The Morgan fingerprint density at radius 3 is 2.44 bits per heavy atom. The van der Waals surface area contributed by atoms with Gasteiger partial charge in [0.05, 0.1) is 7.11 Å². The van der Waals surface area contributed by atoms with E-state index in [9.17, 15) is 0 Å². The van der Waals surface area contributed by atoms with E-state index >= 15 is 0 Å². The number of carbonyl (C=O) groups is 1. The molecule has 0 amide bonds. The Hall–Kier alpha value is -1.35. The van der Waals surface area contributed by atoms with Crippen molar-refractivity contribution in [2.75, 3.05) is 20.2 Å². The van der Waals surface area contributed by atoms with Crippen molar-refractivity contribution in [3.63, 3.8) is 0 Å². The fraction of sp³-hybridized carbons (Fsp3) is 0.462. The minimum Gasteiger partial charge on any atom is -0.497 e. The molecular weight excluding hydrogens is 202 g/mol. The SMILES string of the molecule is CC=O.COc1ccc([C@H]2CCNC2)cc1. The molecule has 3 nitrogen and oxygen atoms in total. The first kappa shape index (κ1) is 12.7. The van der Waals surface area contributed by atoms with Crippen LogP contribution in [-0.4, -0.2) is 26.5 Å². The molecule has 0 saturated carbocycles. The van der Waals surface area contributed by atoms with Crippen LogP contribution in [0.15, 0.2) is 24.3 Å². The average molecular weight is 221 g/mol. The van der Waals surface area contributed by atoms with Gasteiger partial charge < -0.3 is 14.8 Å². The van der Waals surface area contributed by atoms with E-state index in [1.165, 1.54) is 18.9 Å². The smallest absolute Gasteiger partial charge is 0.118 e. The molecule has 1 N–H and O–H groups in total. The quantitative estimate of drug-likeness (QED) is 0.776. The van der Waals surface area contributed by atoms with Crippen molar-refractivity contribution < 1.29 is 9.53 Å². The molecule has 0 spiro atoms. The number of hydrogen-bond donors (Lipinski definition) is 1. The molecule has 16 heavy (non-hydrogen) atoms. The summed E-state index contributed by atoms with van der Waals surface area (Å²) in [7, 11) is 1.70. The van der Waals surface area contributed by atoms with E-state index in [-0.39, 0.29) is 0 Å². The molecule has 1 aromatic rings. The molecule has 1 heterocycles. The standard InChI is InChI=1S/C11H15NO.C2H4O/c1-13-11-4-2-9(3-5-11)10-6-7-12-8-10;1-2-3/h2-5,10,12H,6-8H2,1H3;2H,1H3/t10-;/m0./s1. The van der Waals surface area contributed by atoms with E-state index in [0.717, 1.165) is 25.1 Å². The second kappa shape index (κ2) is 7.01. The van der Waals surface area contributed by atoms with Crippen molar-refractivity contribution in [1.82, 2.24) is 5.32 Å². The summed E-state index contributed by atoms with van der Waals surface area (Å²) in [4.78, 5) is 8.81. The van der Waals surface area contributed by atoms with Gasteiger partial charge in [-0.25, -0.2) is 0 Å². The van der Waals surface area contributed by atoms with E-state index in [1.54, 1.807) is 7.11 Å². The zero-order valence-electron chi connectivity index (χ0n) is 9.90. The number of benzene rings is 1. The topological polar surface area (TPSA) is 38.3 Å². The van der Waals surface area contributed by atoms with Crippen molar-refractivity contribution >= 4 is 6.29 Å². The summed E-state index contributed by atoms with van der Waals surface area (Å²) < 4.78 is 5.12. The molecule has 0 aliphatic carbocycles. The van der Waals surface area contributed by atoms with Gasteiger partial charge in [0.15, 0.2) is 0 Å². The lowest BCUT2D eigenvalue weighted by molar-refractivity contribution is -0.106. The third kappa shape index (κ3) is 3.66. The second-order valence-corrected chi connectivity index (χ2v) is 3.70. The van der Waals surface area contributed by atoms with E-state index < -0.39 is 0 Å². The highest BCUT2D eigenvalue weighted by atomic mass is 16.5. The van der Waals surface area contributed by atoms with Crippen molar-refractivity contribution in [3.05, 3.63) is 29.8 Å². The van der Waals surface area contributed by atoms with Crippen LogP contribution >= 0.6 is 0 Å². The monoisotopic (exact) mass is 221 g/mol. The Kier molecular flexibility index (Phi) is 5.57. The van der Waals surface area contributed by atoms with Crippen LogP contribution in [0.4, 0.5) is 0 Å². The Morgan fingerprint density at radius 2 is 2.00 bits per heavy atom. The first-order valence-electron chi connectivity index (χ1n) is 5.56. The third-order valence-corrected chi connectivity index (χ3v) is 2.65. The summed E-state index contributed by atoms with van der Waals surface area (Å²) in [5.41, 5.74) is 1.42. The fourth-order valence-electron chi connectivity index (χ4n) is 1.82. The minimum atomic E-state index is 0.700. The van der Waals surface area contributed by atoms with Gasteiger partial charge in [-0.3, -0.25) is 0 Å². The molecule has 3 heteroatoms. The summed E-state index contributed by atoms with van der Waals surface area (Å²) >= 11 is 0. The van der Waals surface area contributed by atoms with Gasteiger partial charge in [0.25, 0.3) is 0 Å². The molecule has 1 fully saturated rings. The molecule has 2 rings (SSSR count). The normalized spacial score (nSPS) is 18.5. The van der Waals surface area contributed by atoms with E-state index in [0.29, 0.717) is 5.92 Å². The molecular formula is C13H19NO2. The molecule has 1 aliphatic heterocycles. The maximum absolute atomic E-state index is 8.81. The zero-order valence-corrected chi connectivity index (χ0v) is 9.90. The van der Waals surface area contributed by atoms with Gasteiger partial charge in [0, 0.05) is 6.54 Å². The number of hydrogen-bond acceptors (Lipinski definition) is 3. The van der Waals surface area contributed by atoms with E-state index in [4.69, 9.17) is 9.53 Å². The van der Waals surface area contributed by atoms with Crippen LogP contribution in [0, 0.1) is 0 Å². The lowest BCUT2D eigenvalue weighted by atomic mass is 9.99. The predicted molar refractivity (Wildman–Crippen MR) is 65.0 cm³/mol. The Balaban J connectivity index is 0.000000386. The third-order valence-electron chi connectivity index (χ3n) is 2.65. The highest BCUT2D eigenvalue weighted by Crippen LogP contribution is 2.23. The van der Waals surface area contributed by atoms with E-state index in [2.05, 4.69) is 17.4 Å². The zero-order chi connectivity index (χ0) is 11.8. The van der Waals surface area contributed by atoms with Gasteiger partial charge in [0.2, 0.25) is 0 Å². The summed E-state index contributed by atoms with van der Waals surface area (Å²) in [5, 5.41) is 3.37. The van der Waals surface area contributed by atoms with E-state index in [1.807, 2.05) is 12.1 Å². The van der Waals surface area contributed by atoms with Gasteiger partial charge in [-0.1, -0.05) is 12.1 Å². The summed E-state index contributed by atoms with van der Waals surface area (Å²) in [6.07, 6.45) is 2.01. The second-order valence-electron chi connectivity index (χ2n) is 3.70. The van der Waals surface area contributed by atoms with Crippen LogP contribution < -0.4 is 10.1 Å². The lowest BCUT2D eigenvalue weighted by Gasteiger charge is -2.08. The van der Waals surface area contributed by atoms with Crippen LogP contribution in [0.25, 0.3) is 0 Å². The van der Waals surface area contributed by atoms with Crippen LogP contribution in [0.5, 0.6) is 5.75 Å². The lowest BCUT2D eigenvalue weighted by Crippen LogP contribution is -2.07. The number of aldehydes is 1. The molecule has 0 radical (unpaired) electrons. The van der Waals surface area contributed by atoms with Gasteiger partial charge >= 0.3 is 0 Å². The molecule has 0 bridgehead atoms. The van der Waals surface area contributed by atoms with Gasteiger partial charge in [-0.05, 0) is 43.5 Å². The molecule has 1 atom stereocenters. The largest absolute Gasteiger partial charge is 0.497 e. The van der Waals surface area contributed by atoms with Gasteiger partial charge in [-0.15, -0.1) is 0 Å². The van der Waals surface area contributed by atoms with Crippen molar-refractivity contribution in [2.24, 2.45) is 0 Å². The molecule has 1 aliphatic rings. The summed E-state index contributed by atoms with van der Waals surface area (Å²) in [6.45, 7) is 3.71. The minimum absolute atomic E-state index is 0.700.